The van der Waals surface area contributed by atoms with Crippen molar-refractivity contribution in [2.45, 2.75) is 64.0 Å². The van der Waals surface area contributed by atoms with Crippen molar-refractivity contribution in [2.75, 3.05) is 0 Å². The van der Waals surface area contributed by atoms with E-state index in [9.17, 15) is 0 Å². The van der Waals surface area contributed by atoms with Crippen molar-refractivity contribution in [3.8, 4) is 11.1 Å². The fourth-order valence-electron chi connectivity index (χ4n) is 5.46. The summed E-state index contributed by atoms with van der Waals surface area (Å²) in [6.45, 7) is 8.67. The van der Waals surface area contributed by atoms with Crippen molar-refractivity contribution in [1.29, 1.82) is 0 Å². The molecule has 4 bridgehead atoms. The van der Waals surface area contributed by atoms with E-state index in [1.165, 1.54) is 47.1 Å². The average molecular weight is 578 g/mol. The van der Waals surface area contributed by atoms with Crippen LogP contribution < -0.4 is 0 Å². The van der Waals surface area contributed by atoms with E-state index in [1.54, 1.807) is 0 Å². The number of nitrogens with one attached hydrogen (secondary N) is 1. The second-order valence-corrected chi connectivity index (χ2v) is 12.4. The molecule has 5 aliphatic carbocycles. The van der Waals surface area contributed by atoms with E-state index in [1.807, 2.05) is 12.1 Å². The van der Waals surface area contributed by atoms with E-state index in [4.69, 9.17) is 5.73 Å². The molecule has 7 rings (SSSR count). The molecule has 5 aliphatic rings. The molecule has 33 heavy (non-hydrogen) atoms. The monoisotopic (exact) mass is 578 g/mol. The molecular formula is C30H40GeNZr. The summed E-state index contributed by atoms with van der Waals surface area (Å²) >= 11 is 0.312. The van der Waals surface area contributed by atoms with Crippen molar-refractivity contribution < 1.29 is 26.2 Å². The Bertz CT molecular complexity index is 864. The Morgan fingerprint density at radius 1 is 0.788 bits per heavy atom. The minimum absolute atomic E-state index is 0. The van der Waals surface area contributed by atoms with Gasteiger partial charge in [-0.3, -0.25) is 6.08 Å². The molecule has 1 atom stereocenters. The van der Waals surface area contributed by atoms with Gasteiger partial charge in [-0.15, -0.1) is 12.5 Å². The first kappa shape index (κ1) is 28.5. The van der Waals surface area contributed by atoms with Crippen LogP contribution in [0.1, 0.15) is 47.0 Å². The molecule has 0 aromatic heterocycles. The van der Waals surface area contributed by atoms with Gasteiger partial charge < -0.3 is 5.73 Å². The van der Waals surface area contributed by atoms with E-state index >= 15 is 0 Å². The van der Waals surface area contributed by atoms with Crippen LogP contribution in [-0.2, 0) is 26.2 Å². The van der Waals surface area contributed by atoms with Crippen LogP contribution >= 0.6 is 0 Å². The standard InChI is InChI=1S/C12H10.C9H13.C7H10N.C2H7Ge.Zr/c1-3-7-11(8-4-1)12-9-5-2-6-10-12;1-6-5-7(2)9(4)8(6)3;8-7-1-4-5(2-7)6(4)3-7;1-3-2;/h1-10H;6H,1-4H3;4-6,8H,1-3H2;3H,1-2H3;/q;2*-1;;+2. The predicted octanol–water partition coefficient (Wildman–Crippen LogP) is 8.43. The summed E-state index contributed by atoms with van der Waals surface area (Å²) in [5, 5.41) is 0. The van der Waals surface area contributed by atoms with Crippen LogP contribution in [0.2, 0.25) is 11.5 Å². The Balaban J connectivity index is 0.000000166. The molecule has 3 heteroatoms. The van der Waals surface area contributed by atoms with E-state index in [2.05, 4.69) is 93.8 Å². The molecule has 4 saturated carbocycles. The van der Waals surface area contributed by atoms with Gasteiger partial charge in [-0.1, -0.05) is 107 Å². The first-order valence-corrected chi connectivity index (χ1v) is 17.0. The average Bonchev–Trinajstić information content (AvgIpc) is 3.17. The molecule has 1 unspecified atom stereocenters. The molecule has 1 radical (unpaired) electrons. The molecule has 0 aliphatic heterocycles. The molecule has 0 spiro atoms. The largest absolute Gasteiger partial charge is 2.00 e. The second-order valence-electron chi connectivity index (χ2n) is 9.99. The van der Waals surface area contributed by atoms with E-state index in [0.29, 0.717) is 21.3 Å². The van der Waals surface area contributed by atoms with Crippen LogP contribution in [0.4, 0.5) is 0 Å². The summed E-state index contributed by atoms with van der Waals surface area (Å²) in [6.07, 6.45) is 7.12. The molecular weight excluding hydrogens is 538 g/mol. The van der Waals surface area contributed by atoms with Gasteiger partial charge in [0.05, 0.1) is 0 Å². The van der Waals surface area contributed by atoms with Crippen molar-refractivity contribution in [3.63, 3.8) is 0 Å². The minimum atomic E-state index is 0. The van der Waals surface area contributed by atoms with Gasteiger partial charge >= 0.3 is 53.1 Å². The number of rotatable bonds is 1. The predicted molar refractivity (Wildman–Crippen MR) is 142 cm³/mol. The zero-order chi connectivity index (χ0) is 23.3. The molecule has 173 valence electrons. The Labute approximate surface area is 228 Å². The Hall–Kier alpha value is -0.694. The van der Waals surface area contributed by atoms with Gasteiger partial charge in [0.25, 0.3) is 0 Å². The third-order valence-electron chi connectivity index (χ3n) is 7.51. The third-order valence-corrected chi connectivity index (χ3v) is 7.51. The van der Waals surface area contributed by atoms with E-state index in [0.717, 1.165) is 17.8 Å². The first-order chi connectivity index (χ1) is 15.3. The Morgan fingerprint density at radius 3 is 1.33 bits per heavy atom. The zero-order valence-electron chi connectivity index (χ0n) is 21.3. The van der Waals surface area contributed by atoms with Gasteiger partial charge in [-0.05, 0) is 28.9 Å². The van der Waals surface area contributed by atoms with Crippen LogP contribution in [0, 0.1) is 29.7 Å². The van der Waals surface area contributed by atoms with Gasteiger partial charge in [-0.2, -0.15) is 11.1 Å². The summed E-state index contributed by atoms with van der Waals surface area (Å²) in [5.74, 6) is 8.23. The van der Waals surface area contributed by atoms with Crippen LogP contribution in [0.5, 0.6) is 0 Å². The fourth-order valence-corrected chi connectivity index (χ4v) is 5.46. The maximum absolute atomic E-state index is 7.79. The molecule has 1 N–H and O–H groups in total. The molecule has 0 heterocycles. The number of hydrogen-bond acceptors (Lipinski definition) is 0. The second kappa shape index (κ2) is 12.8. The zero-order valence-corrected chi connectivity index (χ0v) is 26.2. The van der Waals surface area contributed by atoms with E-state index in [-0.39, 0.29) is 31.7 Å². The smallest absolute Gasteiger partial charge is 0.672 e. The molecule has 0 saturated heterocycles. The molecule has 1 nitrogen and oxygen atoms in total. The van der Waals surface area contributed by atoms with E-state index < -0.39 is 0 Å². The third kappa shape index (κ3) is 7.39. The summed E-state index contributed by atoms with van der Waals surface area (Å²) in [4.78, 5) is 0. The Kier molecular flexibility index (Phi) is 11.1. The molecule has 2 aromatic rings. The summed E-state index contributed by atoms with van der Waals surface area (Å²) in [5.41, 5.74) is 14.7. The molecule has 0 amide bonds. The van der Waals surface area contributed by atoms with Gasteiger partial charge in [0.15, 0.2) is 0 Å². The van der Waals surface area contributed by atoms with Crippen molar-refractivity contribution in [1.82, 2.24) is 0 Å². The normalized spacial score (nSPS) is 29.4. The van der Waals surface area contributed by atoms with Gasteiger partial charge in [0.2, 0.25) is 0 Å². The number of hydrogen-bond donors (Lipinski definition) is 0. The van der Waals surface area contributed by atoms with Crippen LogP contribution in [0.15, 0.2) is 77.4 Å². The fraction of sp³-hybridized carbons (Fsp3) is 0.467. The number of allylic oxidation sites excluding steroid dienone is 4. The molecule has 2 aromatic carbocycles. The maximum atomic E-state index is 7.79. The van der Waals surface area contributed by atoms with Crippen LogP contribution in [-0.4, -0.2) is 21.0 Å². The quantitative estimate of drug-likeness (QED) is 0.240. The molecule has 4 fully saturated rings. The van der Waals surface area contributed by atoms with Crippen LogP contribution in [0.3, 0.4) is 0 Å². The van der Waals surface area contributed by atoms with Crippen molar-refractivity contribution >= 4 is 15.4 Å². The summed E-state index contributed by atoms with van der Waals surface area (Å²) in [7, 11) is 0. The van der Waals surface area contributed by atoms with Gasteiger partial charge in [0, 0.05) is 0 Å². The van der Waals surface area contributed by atoms with Crippen LogP contribution in [0.25, 0.3) is 16.9 Å². The minimum Gasteiger partial charge on any atom is -0.672 e. The first-order valence-electron chi connectivity index (χ1n) is 12.2. The summed E-state index contributed by atoms with van der Waals surface area (Å²) in [6, 6.07) is 20.8. The maximum Gasteiger partial charge on any atom is 2.00 e. The SMILES string of the molecule is CC1=[C-]C(C)C(C)=C1C.[CH3][GeH][CH3].[NH-]C12CC3C(C1)C3C2.[Zr+2].c1ccc(-c2ccccc2)cc1. The van der Waals surface area contributed by atoms with Crippen molar-refractivity contribution in [3.05, 3.63) is 89.2 Å². The van der Waals surface area contributed by atoms with Gasteiger partial charge in [0.1, 0.15) is 0 Å². The topological polar surface area (TPSA) is 23.8 Å². The van der Waals surface area contributed by atoms with Gasteiger partial charge in [-0.25, -0.2) is 5.57 Å². The number of benzene rings is 2. The Morgan fingerprint density at radius 2 is 1.15 bits per heavy atom. The van der Waals surface area contributed by atoms with Crippen molar-refractivity contribution in [2.24, 2.45) is 23.7 Å². The summed E-state index contributed by atoms with van der Waals surface area (Å²) < 4.78 is 0.